The maximum atomic E-state index is 10.8. The van der Waals surface area contributed by atoms with Crippen LogP contribution in [0.4, 0.5) is 4.79 Å². The Morgan fingerprint density at radius 1 is 1.38 bits per heavy atom. The molecular weight excluding hydrogens is 166 g/mol. The topological polar surface area (TPSA) is 38.3 Å². The van der Waals surface area contributed by atoms with Gasteiger partial charge in [0.2, 0.25) is 0 Å². The molecule has 1 fully saturated rings. The molecule has 1 N–H and O–H groups in total. The van der Waals surface area contributed by atoms with Crippen LogP contribution >= 0.6 is 0 Å². The first-order chi connectivity index (χ1) is 6.25. The number of carbonyl (C=O) groups is 1. The third-order valence-corrected chi connectivity index (χ3v) is 2.15. The minimum atomic E-state index is -0.328. The van der Waals surface area contributed by atoms with E-state index in [9.17, 15) is 4.79 Å². The summed E-state index contributed by atoms with van der Waals surface area (Å²) in [6.45, 7) is 2.47. The van der Waals surface area contributed by atoms with Crippen molar-refractivity contribution in [1.82, 2.24) is 5.32 Å². The van der Waals surface area contributed by atoms with Crippen LogP contribution in [-0.2, 0) is 4.74 Å². The van der Waals surface area contributed by atoms with Crippen LogP contribution in [0, 0.1) is 6.92 Å². The maximum absolute atomic E-state index is 10.8. The van der Waals surface area contributed by atoms with Crippen LogP contribution in [0.3, 0.4) is 0 Å². The van der Waals surface area contributed by atoms with Crippen LogP contribution in [-0.4, -0.2) is 12.7 Å². The molecule has 3 heteroatoms. The molecule has 1 heterocycles. The highest BCUT2D eigenvalue weighted by Crippen LogP contribution is 2.17. The van der Waals surface area contributed by atoms with Gasteiger partial charge >= 0.3 is 6.09 Å². The molecule has 0 bridgehead atoms. The highest BCUT2D eigenvalue weighted by atomic mass is 16.6. The van der Waals surface area contributed by atoms with E-state index in [0.29, 0.717) is 6.61 Å². The van der Waals surface area contributed by atoms with E-state index < -0.39 is 0 Å². The van der Waals surface area contributed by atoms with Crippen molar-refractivity contribution in [3.05, 3.63) is 35.4 Å². The lowest BCUT2D eigenvalue weighted by Crippen LogP contribution is -2.18. The summed E-state index contributed by atoms with van der Waals surface area (Å²) >= 11 is 0. The number of cyclic esters (lactones) is 1. The summed E-state index contributed by atoms with van der Waals surface area (Å²) in [5.74, 6) is 0. The van der Waals surface area contributed by atoms with E-state index in [0.717, 1.165) is 5.56 Å². The van der Waals surface area contributed by atoms with Gasteiger partial charge in [0.15, 0.2) is 0 Å². The molecule has 1 aromatic carbocycles. The van der Waals surface area contributed by atoms with Gasteiger partial charge in [0, 0.05) is 0 Å². The fraction of sp³-hybridized carbons (Fsp3) is 0.300. The maximum Gasteiger partial charge on any atom is 0.407 e. The first-order valence-electron chi connectivity index (χ1n) is 4.25. The molecule has 68 valence electrons. The van der Waals surface area contributed by atoms with Crippen molar-refractivity contribution in [2.45, 2.75) is 13.0 Å². The molecule has 0 aliphatic carbocycles. The van der Waals surface area contributed by atoms with Gasteiger partial charge in [-0.1, -0.05) is 29.8 Å². The lowest BCUT2D eigenvalue weighted by molar-refractivity contribution is 0.177. The predicted molar refractivity (Wildman–Crippen MR) is 48.4 cm³/mol. The van der Waals surface area contributed by atoms with Gasteiger partial charge in [-0.05, 0) is 12.5 Å². The van der Waals surface area contributed by atoms with Crippen LogP contribution in [0.15, 0.2) is 24.3 Å². The Morgan fingerprint density at radius 2 is 2.08 bits per heavy atom. The number of hydrogen-bond donors (Lipinski definition) is 1. The molecule has 1 aromatic rings. The summed E-state index contributed by atoms with van der Waals surface area (Å²) in [7, 11) is 0. The average Bonchev–Trinajstić information content (AvgIpc) is 2.53. The highest BCUT2D eigenvalue weighted by Gasteiger charge is 2.23. The largest absolute Gasteiger partial charge is 0.447 e. The van der Waals surface area contributed by atoms with Crippen LogP contribution in [0.2, 0.25) is 0 Å². The SMILES string of the molecule is Cc1ccc([C@H]2COC(=O)N2)cc1. The summed E-state index contributed by atoms with van der Waals surface area (Å²) in [5.41, 5.74) is 2.31. The summed E-state index contributed by atoms with van der Waals surface area (Å²) < 4.78 is 4.80. The van der Waals surface area contributed by atoms with Crippen LogP contribution in [0.5, 0.6) is 0 Å². The van der Waals surface area contributed by atoms with Crippen molar-refractivity contribution < 1.29 is 9.53 Å². The molecule has 1 aliphatic heterocycles. The van der Waals surface area contributed by atoms with Crippen molar-refractivity contribution in [1.29, 1.82) is 0 Å². The minimum absolute atomic E-state index is 0.0214. The fourth-order valence-corrected chi connectivity index (χ4v) is 1.36. The lowest BCUT2D eigenvalue weighted by Gasteiger charge is -2.06. The molecule has 0 unspecified atom stereocenters. The van der Waals surface area contributed by atoms with Gasteiger partial charge in [0.1, 0.15) is 6.61 Å². The number of benzene rings is 1. The van der Waals surface area contributed by atoms with Gasteiger partial charge < -0.3 is 10.1 Å². The number of ether oxygens (including phenoxy) is 1. The third-order valence-electron chi connectivity index (χ3n) is 2.15. The van der Waals surface area contributed by atoms with Crippen molar-refractivity contribution in [3.63, 3.8) is 0 Å². The Hall–Kier alpha value is -1.51. The second-order valence-electron chi connectivity index (χ2n) is 3.21. The zero-order chi connectivity index (χ0) is 9.26. The molecule has 0 radical (unpaired) electrons. The standard InChI is InChI=1S/C10H11NO2/c1-7-2-4-8(5-3-7)9-6-13-10(12)11-9/h2-5,9H,6H2,1H3,(H,11,12)/t9-/m1/s1. The van der Waals surface area contributed by atoms with E-state index in [2.05, 4.69) is 5.32 Å². The first-order valence-corrected chi connectivity index (χ1v) is 4.25. The molecule has 1 atom stereocenters. The summed E-state index contributed by atoms with van der Waals surface area (Å²) in [5, 5.41) is 2.73. The molecule has 1 aliphatic rings. The second kappa shape index (κ2) is 3.09. The second-order valence-corrected chi connectivity index (χ2v) is 3.21. The Bertz CT molecular complexity index is 318. The Kier molecular flexibility index (Phi) is 1.93. The normalized spacial score (nSPS) is 21.0. The van der Waals surface area contributed by atoms with Gasteiger partial charge in [-0.3, -0.25) is 0 Å². The van der Waals surface area contributed by atoms with Crippen LogP contribution in [0.1, 0.15) is 17.2 Å². The summed E-state index contributed by atoms with van der Waals surface area (Å²) in [4.78, 5) is 10.8. The fourth-order valence-electron chi connectivity index (χ4n) is 1.36. The number of amides is 1. The van der Waals surface area contributed by atoms with E-state index in [1.54, 1.807) is 0 Å². The number of nitrogens with one attached hydrogen (secondary N) is 1. The molecule has 13 heavy (non-hydrogen) atoms. The Morgan fingerprint density at radius 3 is 2.62 bits per heavy atom. The smallest absolute Gasteiger partial charge is 0.407 e. The van der Waals surface area contributed by atoms with E-state index in [1.165, 1.54) is 5.56 Å². The quantitative estimate of drug-likeness (QED) is 0.710. The van der Waals surface area contributed by atoms with Gasteiger partial charge in [-0.15, -0.1) is 0 Å². The Balaban J connectivity index is 2.17. The molecule has 1 amide bonds. The third kappa shape index (κ3) is 1.64. The highest BCUT2D eigenvalue weighted by molar-refractivity contribution is 5.70. The number of aryl methyl sites for hydroxylation is 1. The van der Waals surface area contributed by atoms with E-state index >= 15 is 0 Å². The van der Waals surface area contributed by atoms with Crippen molar-refractivity contribution in [3.8, 4) is 0 Å². The lowest BCUT2D eigenvalue weighted by atomic mass is 10.1. The average molecular weight is 177 g/mol. The van der Waals surface area contributed by atoms with Crippen molar-refractivity contribution in [2.24, 2.45) is 0 Å². The van der Waals surface area contributed by atoms with E-state index in [1.807, 2.05) is 31.2 Å². The summed E-state index contributed by atoms with van der Waals surface area (Å²) in [6.07, 6.45) is -0.328. The number of carbonyl (C=O) groups excluding carboxylic acids is 1. The van der Waals surface area contributed by atoms with E-state index in [4.69, 9.17) is 4.74 Å². The van der Waals surface area contributed by atoms with Gasteiger partial charge in [-0.25, -0.2) is 4.79 Å². The molecule has 0 spiro atoms. The monoisotopic (exact) mass is 177 g/mol. The van der Waals surface area contributed by atoms with Gasteiger partial charge in [-0.2, -0.15) is 0 Å². The summed E-state index contributed by atoms with van der Waals surface area (Å²) in [6, 6.07) is 8.09. The zero-order valence-corrected chi connectivity index (χ0v) is 7.41. The molecule has 2 rings (SSSR count). The van der Waals surface area contributed by atoms with Gasteiger partial charge in [0.25, 0.3) is 0 Å². The number of rotatable bonds is 1. The predicted octanol–water partition coefficient (Wildman–Crippen LogP) is 1.78. The van der Waals surface area contributed by atoms with Crippen LogP contribution in [0.25, 0.3) is 0 Å². The molecule has 0 saturated carbocycles. The minimum Gasteiger partial charge on any atom is -0.447 e. The number of alkyl carbamates (subject to hydrolysis) is 1. The van der Waals surface area contributed by atoms with Crippen molar-refractivity contribution in [2.75, 3.05) is 6.61 Å². The first kappa shape index (κ1) is 8.10. The molecule has 1 saturated heterocycles. The zero-order valence-electron chi connectivity index (χ0n) is 7.41. The molecule has 0 aromatic heterocycles. The van der Waals surface area contributed by atoms with Crippen molar-refractivity contribution >= 4 is 6.09 Å². The van der Waals surface area contributed by atoms with Gasteiger partial charge in [0.05, 0.1) is 6.04 Å². The molecular formula is C10H11NO2. The Labute approximate surface area is 76.7 Å². The molecule has 3 nitrogen and oxygen atoms in total. The van der Waals surface area contributed by atoms with Crippen LogP contribution < -0.4 is 5.32 Å². The number of hydrogen-bond acceptors (Lipinski definition) is 2. The van der Waals surface area contributed by atoms with E-state index in [-0.39, 0.29) is 12.1 Å².